The number of methoxy groups -OCH3 is 1. The van der Waals surface area contributed by atoms with Crippen LogP contribution < -0.4 is 10.1 Å². The lowest BCUT2D eigenvalue weighted by molar-refractivity contribution is -0.138. The third-order valence-electron chi connectivity index (χ3n) is 3.82. The van der Waals surface area contributed by atoms with Gasteiger partial charge in [0.25, 0.3) is 0 Å². The normalized spacial score (nSPS) is 17.3. The average molecular weight is 431 g/mol. The minimum Gasteiger partial charge on any atom is -0.485 e. The largest absolute Gasteiger partial charge is 0.485 e. The van der Waals surface area contributed by atoms with Crippen molar-refractivity contribution in [3.8, 4) is 5.75 Å². The van der Waals surface area contributed by atoms with Crippen LogP contribution in [0.4, 0.5) is 0 Å². The molecule has 10 nitrogen and oxygen atoms in total. The number of hydrogen-bond acceptors (Lipinski definition) is 9. The van der Waals surface area contributed by atoms with E-state index in [1.54, 1.807) is 30.3 Å². The lowest BCUT2D eigenvalue weighted by atomic mass is 10.2. The first-order valence-corrected chi connectivity index (χ1v) is 9.53. The highest BCUT2D eigenvalue weighted by atomic mass is 32.2. The Morgan fingerprint density at radius 1 is 1.30 bits per heavy atom. The van der Waals surface area contributed by atoms with Crippen LogP contribution >= 0.6 is 11.8 Å². The summed E-state index contributed by atoms with van der Waals surface area (Å²) in [7, 11) is 1.27. The fourth-order valence-corrected chi connectivity index (χ4v) is 3.34. The van der Waals surface area contributed by atoms with Crippen molar-refractivity contribution < 1.29 is 33.4 Å². The van der Waals surface area contributed by atoms with Gasteiger partial charge in [-0.3, -0.25) is 9.59 Å². The second kappa shape index (κ2) is 9.74. The van der Waals surface area contributed by atoms with Gasteiger partial charge < -0.3 is 24.3 Å². The second-order valence-electron chi connectivity index (χ2n) is 5.93. The van der Waals surface area contributed by atoms with Crippen molar-refractivity contribution in [2.45, 2.75) is 18.3 Å². The number of esters is 1. The molecule has 1 amide bonds. The number of rotatable bonds is 8. The summed E-state index contributed by atoms with van der Waals surface area (Å²) in [6.45, 7) is 0.0825. The summed E-state index contributed by atoms with van der Waals surface area (Å²) in [4.78, 5) is 33.9. The van der Waals surface area contributed by atoms with Crippen LogP contribution in [0.3, 0.4) is 0 Å². The number of amidine groups is 1. The quantitative estimate of drug-likeness (QED) is 0.368. The van der Waals surface area contributed by atoms with E-state index in [1.165, 1.54) is 19.4 Å². The molecule has 2 heterocycles. The zero-order valence-electron chi connectivity index (χ0n) is 15.7. The van der Waals surface area contributed by atoms with Gasteiger partial charge in [-0.25, -0.2) is 4.79 Å². The molecular weight excluding hydrogens is 414 g/mol. The monoisotopic (exact) mass is 431 g/mol. The minimum atomic E-state index is -1.06. The first kappa shape index (κ1) is 21.1. The SMILES string of the molecule is COC(=O)c1ccc(COc2ccccc2C=NN=C2NC(=O)C(CC(=O)O)S2)o1. The highest BCUT2D eigenvalue weighted by Gasteiger charge is 2.32. The second-order valence-corrected chi connectivity index (χ2v) is 7.12. The van der Waals surface area contributed by atoms with Crippen molar-refractivity contribution in [1.82, 2.24) is 5.32 Å². The lowest BCUT2D eigenvalue weighted by Gasteiger charge is -2.07. The zero-order chi connectivity index (χ0) is 21.5. The maximum Gasteiger partial charge on any atom is 0.373 e. The Labute approximate surface area is 175 Å². The van der Waals surface area contributed by atoms with Crippen LogP contribution in [-0.2, 0) is 20.9 Å². The van der Waals surface area contributed by atoms with Gasteiger partial charge >= 0.3 is 11.9 Å². The topological polar surface area (TPSA) is 140 Å². The number of aliphatic carboxylic acids is 1. The predicted octanol–water partition coefficient (Wildman–Crippen LogP) is 2.04. The van der Waals surface area contributed by atoms with Crippen molar-refractivity contribution in [2.24, 2.45) is 10.2 Å². The van der Waals surface area contributed by atoms with Crippen LogP contribution in [0.1, 0.15) is 28.3 Å². The van der Waals surface area contributed by atoms with E-state index >= 15 is 0 Å². The van der Waals surface area contributed by atoms with Gasteiger partial charge in [0.1, 0.15) is 23.4 Å². The Morgan fingerprint density at radius 3 is 2.87 bits per heavy atom. The number of nitrogens with zero attached hydrogens (tertiary/aromatic N) is 2. The summed E-state index contributed by atoms with van der Waals surface area (Å²) in [5, 5.41) is 18.6. The minimum absolute atomic E-state index is 0.0825. The molecule has 0 saturated carbocycles. The van der Waals surface area contributed by atoms with Gasteiger partial charge in [0.2, 0.25) is 11.7 Å². The summed E-state index contributed by atoms with van der Waals surface area (Å²) >= 11 is 1.01. The molecule has 1 unspecified atom stereocenters. The molecule has 2 aromatic rings. The van der Waals surface area contributed by atoms with E-state index < -0.39 is 23.1 Å². The molecule has 0 radical (unpaired) electrons. The fraction of sp³-hybridized carbons (Fsp3) is 0.211. The van der Waals surface area contributed by atoms with Gasteiger partial charge in [-0.05, 0) is 24.3 Å². The first-order valence-electron chi connectivity index (χ1n) is 8.65. The summed E-state index contributed by atoms with van der Waals surface area (Å²) < 4.78 is 15.7. The van der Waals surface area contributed by atoms with Crippen LogP contribution in [0.15, 0.2) is 51.0 Å². The van der Waals surface area contributed by atoms with Gasteiger partial charge in [-0.2, -0.15) is 5.10 Å². The van der Waals surface area contributed by atoms with E-state index in [0.717, 1.165) is 11.8 Å². The number of para-hydroxylation sites is 1. The molecule has 1 aliphatic rings. The van der Waals surface area contributed by atoms with E-state index in [9.17, 15) is 14.4 Å². The Bertz CT molecular complexity index is 1020. The van der Waals surface area contributed by atoms with E-state index in [1.807, 2.05) is 0 Å². The van der Waals surface area contributed by atoms with E-state index in [0.29, 0.717) is 17.1 Å². The van der Waals surface area contributed by atoms with E-state index in [2.05, 4.69) is 20.3 Å². The molecule has 3 rings (SSSR count). The Morgan fingerprint density at radius 2 is 2.10 bits per heavy atom. The predicted molar refractivity (Wildman–Crippen MR) is 108 cm³/mol. The van der Waals surface area contributed by atoms with Crippen LogP contribution in [0.25, 0.3) is 0 Å². The van der Waals surface area contributed by atoms with Crippen molar-refractivity contribution >= 4 is 41.0 Å². The Balaban J connectivity index is 1.63. The number of carboxylic acid groups (broad SMARTS) is 1. The highest BCUT2D eigenvalue weighted by Crippen LogP contribution is 2.23. The Kier molecular flexibility index (Phi) is 6.86. The molecule has 0 aliphatic carbocycles. The van der Waals surface area contributed by atoms with Crippen molar-refractivity contribution in [3.05, 3.63) is 53.5 Å². The number of amides is 1. The summed E-state index contributed by atoms with van der Waals surface area (Å²) in [5.74, 6) is -1.02. The third-order valence-corrected chi connectivity index (χ3v) is 4.89. The lowest BCUT2D eigenvalue weighted by Crippen LogP contribution is -2.26. The fourth-order valence-electron chi connectivity index (χ4n) is 2.42. The number of hydrogen-bond donors (Lipinski definition) is 2. The number of thioether (sulfide) groups is 1. The van der Waals surface area contributed by atoms with Crippen molar-refractivity contribution in [3.63, 3.8) is 0 Å². The molecule has 1 fully saturated rings. The highest BCUT2D eigenvalue weighted by molar-refractivity contribution is 8.15. The van der Waals surface area contributed by atoms with Gasteiger partial charge in [-0.15, -0.1) is 5.10 Å². The molecule has 1 aromatic heterocycles. The number of carbonyl (C=O) groups is 3. The third kappa shape index (κ3) is 5.47. The first-order chi connectivity index (χ1) is 14.5. The molecule has 11 heteroatoms. The number of nitrogens with one attached hydrogen (secondary N) is 1. The van der Waals surface area contributed by atoms with Gasteiger partial charge in [0.15, 0.2) is 5.17 Å². The molecule has 156 valence electrons. The zero-order valence-corrected chi connectivity index (χ0v) is 16.5. The standard InChI is InChI=1S/C19H17N3O7S/c1-27-18(26)14-7-6-12(29-14)10-28-13-5-3-2-4-11(13)9-20-22-19-21-17(25)15(30-19)8-16(23)24/h2-7,9,15H,8,10H2,1H3,(H,23,24)(H,21,22,25). The molecular formula is C19H17N3O7S. The molecule has 0 spiro atoms. The summed E-state index contributed by atoms with van der Waals surface area (Å²) in [6.07, 6.45) is 1.15. The van der Waals surface area contributed by atoms with E-state index in [4.69, 9.17) is 14.3 Å². The van der Waals surface area contributed by atoms with E-state index in [-0.39, 0.29) is 24.0 Å². The number of benzene rings is 1. The van der Waals surface area contributed by atoms with Crippen molar-refractivity contribution in [2.75, 3.05) is 7.11 Å². The average Bonchev–Trinajstić information content (AvgIpc) is 3.33. The molecule has 1 aliphatic heterocycles. The van der Waals surface area contributed by atoms with Crippen LogP contribution in [-0.4, -0.2) is 46.7 Å². The smallest absolute Gasteiger partial charge is 0.373 e. The maximum atomic E-state index is 11.7. The number of ether oxygens (including phenoxy) is 2. The molecule has 2 N–H and O–H groups in total. The summed E-state index contributed by atoms with van der Waals surface area (Å²) in [5.41, 5.74) is 0.623. The maximum absolute atomic E-state index is 11.7. The van der Waals surface area contributed by atoms with Crippen LogP contribution in [0.2, 0.25) is 0 Å². The summed E-state index contributed by atoms with van der Waals surface area (Å²) in [6, 6.07) is 10.2. The number of carboxylic acids is 1. The molecule has 1 atom stereocenters. The number of furan rings is 1. The van der Waals surface area contributed by atoms with Crippen LogP contribution in [0, 0.1) is 0 Å². The molecule has 0 bridgehead atoms. The van der Waals surface area contributed by atoms with Crippen molar-refractivity contribution in [1.29, 1.82) is 0 Å². The molecule has 1 saturated heterocycles. The number of carbonyl (C=O) groups excluding carboxylic acids is 2. The Hall–Kier alpha value is -3.60. The van der Waals surface area contributed by atoms with Gasteiger partial charge in [0.05, 0.1) is 19.7 Å². The van der Waals surface area contributed by atoms with Crippen LogP contribution in [0.5, 0.6) is 5.75 Å². The molecule has 1 aromatic carbocycles. The molecule has 30 heavy (non-hydrogen) atoms. The van der Waals surface area contributed by atoms with Gasteiger partial charge in [0, 0.05) is 5.56 Å². The van der Waals surface area contributed by atoms with Gasteiger partial charge in [-0.1, -0.05) is 23.9 Å².